The summed E-state index contributed by atoms with van der Waals surface area (Å²) in [7, 11) is 0. The Morgan fingerprint density at radius 3 is 1.86 bits per heavy atom. The number of hydrogen-bond acceptors (Lipinski definition) is 3. The second-order valence-electron chi connectivity index (χ2n) is 4.06. The van der Waals surface area contributed by atoms with Gasteiger partial charge in [-0.05, 0) is 56.1 Å². The maximum absolute atomic E-state index is 12.1. The lowest BCUT2D eigenvalue weighted by atomic mass is 10.2. The van der Waals surface area contributed by atoms with Crippen molar-refractivity contribution >= 4 is 47.8 Å². The molecule has 22 heavy (non-hydrogen) atoms. The van der Waals surface area contributed by atoms with Crippen molar-refractivity contribution in [3.63, 3.8) is 0 Å². The van der Waals surface area contributed by atoms with E-state index < -0.39 is 19.5 Å². The van der Waals surface area contributed by atoms with Crippen molar-refractivity contribution in [2.45, 2.75) is 10.9 Å². The Kier molecular flexibility index (Phi) is 9.23. The van der Waals surface area contributed by atoms with E-state index in [2.05, 4.69) is 57.8 Å². The predicted octanol–water partition coefficient (Wildman–Crippen LogP) is 5.10. The van der Waals surface area contributed by atoms with Gasteiger partial charge in [0, 0.05) is 0 Å². The molecule has 0 fully saturated rings. The van der Waals surface area contributed by atoms with E-state index in [9.17, 15) is 8.78 Å². The minimum Gasteiger partial charge on any atom is -0.384 e. The van der Waals surface area contributed by atoms with Crippen LogP contribution in [0.4, 0.5) is 8.78 Å². The molecule has 0 aliphatic rings. The van der Waals surface area contributed by atoms with Crippen molar-refractivity contribution in [1.29, 1.82) is 0 Å². The first-order chi connectivity index (χ1) is 10.5. The molecule has 0 radical (unpaired) electrons. The van der Waals surface area contributed by atoms with E-state index in [1.54, 1.807) is 30.3 Å². The smallest absolute Gasteiger partial charge is 0.124 e. The van der Waals surface area contributed by atoms with Crippen molar-refractivity contribution in [3.8, 4) is 0 Å². The van der Waals surface area contributed by atoms with Crippen LogP contribution in [0.25, 0.3) is 0 Å². The minimum absolute atomic E-state index is 0.292. The van der Waals surface area contributed by atoms with E-state index >= 15 is 0 Å². The fourth-order valence-electron chi connectivity index (χ4n) is 1.37. The molecule has 2 heterocycles. The molecule has 8 heteroatoms. The zero-order chi connectivity index (χ0) is 16.5. The molecule has 0 bridgehead atoms. The number of alkyl halides is 3. The Hall–Kier alpha value is -0.440. The Balaban J connectivity index is 0.000000220. The minimum atomic E-state index is -1.10. The molecule has 1 N–H and O–H groups in total. The summed E-state index contributed by atoms with van der Waals surface area (Å²) >= 11 is 9.48. The van der Waals surface area contributed by atoms with Crippen LogP contribution in [0.5, 0.6) is 0 Å². The standard InChI is InChI=1S/C7H6Br2FN.C7H7BrFNO/c8-5(4-10)6-2-1-3-7(9)11-6;8-7-3-1-2-5(10-7)6(11)4-9/h1-3,5H,4H2;1-3,6,11H,4H2. The highest BCUT2D eigenvalue weighted by molar-refractivity contribution is 9.10. The van der Waals surface area contributed by atoms with Crippen molar-refractivity contribution in [1.82, 2.24) is 9.97 Å². The normalized spacial score (nSPS) is 13.0. The van der Waals surface area contributed by atoms with Crippen LogP contribution in [0, 0.1) is 0 Å². The maximum Gasteiger partial charge on any atom is 0.124 e. The van der Waals surface area contributed by atoms with Gasteiger partial charge in [-0.2, -0.15) is 0 Å². The lowest BCUT2D eigenvalue weighted by Crippen LogP contribution is -2.01. The fourth-order valence-corrected chi connectivity index (χ4v) is 2.34. The van der Waals surface area contributed by atoms with Crippen LogP contribution in [0.3, 0.4) is 0 Å². The molecule has 0 aromatic carbocycles. The number of aromatic nitrogens is 2. The molecule has 0 aliphatic carbocycles. The molecule has 3 nitrogen and oxygen atoms in total. The third kappa shape index (κ3) is 6.76. The average Bonchev–Trinajstić information content (AvgIpc) is 2.54. The highest BCUT2D eigenvalue weighted by Crippen LogP contribution is 2.22. The summed E-state index contributed by atoms with van der Waals surface area (Å²) in [5.74, 6) is 0. The van der Waals surface area contributed by atoms with E-state index in [1.165, 1.54) is 0 Å². The van der Waals surface area contributed by atoms with Crippen LogP contribution < -0.4 is 0 Å². The molecule has 120 valence electrons. The highest BCUT2D eigenvalue weighted by atomic mass is 79.9. The molecule has 0 saturated heterocycles. The molecular weight excluding hydrogens is 490 g/mol. The average molecular weight is 503 g/mol. The first-order valence-electron chi connectivity index (χ1n) is 6.17. The number of pyridine rings is 2. The number of hydrogen-bond donors (Lipinski definition) is 1. The molecule has 0 aliphatic heterocycles. The van der Waals surface area contributed by atoms with Crippen molar-refractivity contribution < 1.29 is 13.9 Å². The predicted molar refractivity (Wildman–Crippen MR) is 92.5 cm³/mol. The highest BCUT2D eigenvalue weighted by Gasteiger charge is 2.08. The number of aliphatic hydroxyl groups excluding tert-OH is 1. The van der Waals surface area contributed by atoms with Gasteiger partial charge in [-0.3, -0.25) is 0 Å². The van der Waals surface area contributed by atoms with E-state index in [1.807, 2.05) is 6.07 Å². The van der Waals surface area contributed by atoms with Crippen LogP contribution in [-0.4, -0.2) is 28.4 Å². The second-order valence-corrected chi connectivity index (χ2v) is 6.79. The van der Waals surface area contributed by atoms with E-state index in [4.69, 9.17) is 5.11 Å². The van der Waals surface area contributed by atoms with Crippen LogP contribution in [-0.2, 0) is 0 Å². The van der Waals surface area contributed by atoms with Crippen LogP contribution in [0.2, 0.25) is 0 Å². The third-order valence-corrected chi connectivity index (χ3v) is 4.01. The molecule has 0 spiro atoms. The van der Waals surface area contributed by atoms with Gasteiger partial charge < -0.3 is 5.11 Å². The van der Waals surface area contributed by atoms with Crippen molar-refractivity contribution in [2.24, 2.45) is 0 Å². The first-order valence-corrected chi connectivity index (χ1v) is 8.67. The van der Waals surface area contributed by atoms with Gasteiger partial charge in [0.2, 0.25) is 0 Å². The van der Waals surface area contributed by atoms with Gasteiger partial charge in [-0.25, -0.2) is 18.7 Å². The van der Waals surface area contributed by atoms with E-state index in [0.29, 0.717) is 16.0 Å². The summed E-state index contributed by atoms with van der Waals surface area (Å²) in [6, 6.07) is 10.4. The lowest BCUT2D eigenvalue weighted by molar-refractivity contribution is 0.137. The summed E-state index contributed by atoms with van der Waals surface area (Å²) in [4.78, 5) is 7.65. The SMILES string of the molecule is FCC(Br)c1cccc(Br)n1.OC(CF)c1cccc(Br)n1. The number of halogens is 5. The first kappa shape index (κ1) is 19.6. The van der Waals surface area contributed by atoms with Gasteiger partial charge in [0.25, 0.3) is 0 Å². The molecule has 2 aromatic heterocycles. The lowest BCUT2D eigenvalue weighted by Gasteiger charge is -2.04. The van der Waals surface area contributed by atoms with E-state index in [0.717, 1.165) is 4.60 Å². The molecule has 0 saturated carbocycles. The third-order valence-electron chi connectivity index (χ3n) is 2.42. The number of nitrogens with zero attached hydrogens (tertiary/aromatic N) is 2. The Bertz CT molecular complexity index is 538. The molecule has 2 rings (SSSR count). The molecule has 2 atom stereocenters. The summed E-state index contributed by atoms with van der Waals surface area (Å²) in [5.41, 5.74) is 1.06. The number of rotatable bonds is 4. The zero-order valence-corrected chi connectivity index (χ0v) is 16.0. The number of aliphatic hydroxyl groups is 1. The quantitative estimate of drug-likeness (QED) is 0.467. The maximum atomic E-state index is 12.1. The van der Waals surface area contributed by atoms with Gasteiger partial charge in [-0.15, -0.1) is 0 Å². The Morgan fingerprint density at radius 2 is 1.41 bits per heavy atom. The summed E-state index contributed by atoms with van der Waals surface area (Å²) in [5, 5.41) is 9.00. The summed E-state index contributed by atoms with van der Waals surface area (Å²) in [6.07, 6.45) is -1.10. The van der Waals surface area contributed by atoms with Gasteiger partial charge in [0.15, 0.2) is 0 Å². The fraction of sp³-hybridized carbons (Fsp3) is 0.286. The Morgan fingerprint density at radius 1 is 0.909 bits per heavy atom. The molecule has 0 amide bonds. The Labute approximate surface area is 152 Å². The summed E-state index contributed by atoms with van der Waals surface area (Å²) in [6.45, 7) is -1.24. The van der Waals surface area contributed by atoms with Crippen LogP contribution in [0.15, 0.2) is 45.6 Å². The largest absolute Gasteiger partial charge is 0.384 e. The summed E-state index contributed by atoms with van der Waals surface area (Å²) < 4.78 is 25.3. The van der Waals surface area contributed by atoms with Crippen molar-refractivity contribution in [2.75, 3.05) is 13.3 Å². The molecule has 2 aromatic rings. The van der Waals surface area contributed by atoms with Crippen LogP contribution >= 0.6 is 47.8 Å². The molecule has 2 unspecified atom stereocenters. The molecular formula is C14H13Br3F2N2O. The van der Waals surface area contributed by atoms with Gasteiger partial charge in [0.05, 0.1) is 16.2 Å². The zero-order valence-electron chi connectivity index (χ0n) is 11.3. The van der Waals surface area contributed by atoms with Crippen LogP contribution in [0.1, 0.15) is 22.3 Å². The monoisotopic (exact) mass is 500 g/mol. The van der Waals surface area contributed by atoms with Gasteiger partial charge >= 0.3 is 0 Å². The van der Waals surface area contributed by atoms with Gasteiger partial charge in [-0.1, -0.05) is 28.1 Å². The van der Waals surface area contributed by atoms with Crippen molar-refractivity contribution in [3.05, 3.63) is 57.0 Å². The van der Waals surface area contributed by atoms with Gasteiger partial charge in [0.1, 0.15) is 28.7 Å². The second kappa shape index (κ2) is 10.4. The topological polar surface area (TPSA) is 46.0 Å². The van der Waals surface area contributed by atoms with E-state index in [-0.39, 0.29) is 4.83 Å².